The summed E-state index contributed by atoms with van der Waals surface area (Å²) in [6.07, 6.45) is 0. The highest BCUT2D eigenvalue weighted by atomic mass is 16.5. The van der Waals surface area contributed by atoms with E-state index in [4.69, 9.17) is 14.2 Å². The van der Waals surface area contributed by atoms with Crippen LogP contribution in [0.2, 0.25) is 0 Å². The third-order valence-electron chi connectivity index (χ3n) is 4.00. The molecule has 0 atom stereocenters. The Morgan fingerprint density at radius 2 is 2.00 bits per heavy atom. The predicted octanol–water partition coefficient (Wildman–Crippen LogP) is 3.23. The van der Waals surface area contributed by atoms with Gasteiger partial charge in [0.25, 0.3) is 0 Å². The van der Waals surface area contributed by atoms with Crippen molar-refractivity contribution in [1.82, 2.24) is 9.97 Å². The Balaban J connectivity index is 1.80. The number of hydrogen-bond acceptors (Lipinski definition) is 7. The molecule has 3 rings (SSSR count). The van der Waals surface area contributed by atoms with Crippen molar-refractivity contribution in [2.45, 2.75) is 0 Å². The van der Waals surface area contributed by atoms with Gasteiger partial charge in [0, 0.05) is 6.07 Å². The number of rotatable bonds is 6. The molecule has 0 bridgehead atoms. The lowest BCUT2D eigenvalue weighted by Crippen LogP contribution is -2.10. The molecule has 0 aliphatic heterocycles. The van der Waals surface area contributed by atoms with E-state index in [9.17, 15) is 15.2 Å². The number of carbonyl (C=O) groups excluding carboxylic acids is 1. The second kappa shape index (κ2) is 8.14. The Hall–Kier alpha value is -3.99. The van der Waals surface area contributed by atoms with E-state index in [1.807, 2.05) is 18.2 Å². The summed E-state index contributed by atoms with van der Waals surface area (Å²) in [6.45, 7) is -0.492. The number of para-hydroxylation sites is 2. The first-order valence-corrected chi connectivity index (χ1v) is 8.24. The number of esters is 1. The van der Waals surface area contributed by atoms with Crippen LogP contribution in [0.3, 0.4) is 0 Å². The Morgan fingerprint density at radius 3 is 2.68 bits per heavy atom. The third kappa shape index (κ3) is 3.73. The minimum absolute atomic E-state index is 0.106. The van der Waals surface area contributed by atoms with Gasteiger partial charge in [-0.05, 0) is 24.3 Å². The molecular formula is C20H17N3O5. The van der Waals surface area contributed by atoms with E-state index in [0.717, 1.165) is 5.52 Å². The molecule has 142 valence electrons. The number of allylic oxidation sites excluding steroid dienone is 1. The molecule has 1 aromatic heterocycles. The normalized spacial score (nSPS) is 11.5. The van der Waals surface area contributed by atoms with Crippen LogP contribution >= 0.6 is 0 Å². The van der Waals surface area contributed by atoms with Crippen LogP contribution in [0.25, 0.3) is 16.6 Å². The number of nitrogens with one attached hydrogen (secondary N) is 1. The van der Waals surface area contributed by atoms with Gasteiger partial charge in [0.1, 0.15) is 35.3 Å². The second-order valence-electron chi connectivity index (χ2n) is 5.68. The molecule has 0 amide bonds. The van der Waals surface area contributed by atoms with Crippen molar-refractivity contribution in [3.63, 3.8) is 0 Å². The number of aromatic nitrogens is 2. The van der Waals surface area contributed by atoms with Crippen molar-refractivity contribution in [3.8, 4) is 17.6 Å². The van der Waals surface area contributed by atoms with Crippen LogP contribution in [0.5, 0.6) is 11.5 Å². The van der Waals surface area contributed by atoms with Gasteiger partial charge in [-0.15, -0.1) is 0 Å². The number of methoxy groups -OCH3 is 2. The molecule has 0 aliphatic carbocycles. The van der Waals surface area contributed by atoms with Gasteiger partial charge in [-0.1, -0.05) is 12.1 Å². The fraction of sp³-hybridized carbons (Fsp3) is 0.150. The molecule has 0 saturated heterocycles. The molecular weight excluding hydrogens is 362 g/mol. The van der Waals surface area contributed by atoms with Gasteiger partial charge in [0.15, 0.2) is 11.6 Å². The molecule has 0 saturated carbocycles. The number of imidazole rings is 1. The maximum Gasteiger partial charge on any atom is 0.342 e. The van der Waals surface area contributed by atoms with E-state index >= 15 is 0 Å². The summed E-state index contributed by atoms with van der Waals surface area (Å²) in [4.78, 5) is 19.6. The largest absolute Gasteiger partial charge is 0.507 e. The second-order valence-corrected chi connectivity index (χ2v) is 5.68. The van der Waals surface area contributed by atoms with E-state index < -0.39 is 18.3 Å². The Kier molecular flexibility index (Phi) is 5.46. The summed E-state index contributed by atoms with van der Waals surface area (Å²) in [6, 6.07) is 13.7. The zero-order valence-electron chi connectivity index (χ0n) is 15.2. The van der Waals surface area contributed by atoms with Crippen LogP contribution in [0.1, 0.15) is 16.2 Å². The van der Waals surface area contributed by atoms with Crippen LogP contribution in [0.4, 0.5) is 0 Å². The van der Waals surface area contributed by atoms with Crippen LogP contribution in [-0.4, -0.2) is 41.9 Å². The number of aromatic amines is 1. The standard InChI is InChI=1S/C20H17N3O5/c1-26-12-7-8-13(18(9-12)27-2)20(25)28-11-17(24)14(10-21)19-22-15-5-3-4-6-16(15)23-19/h3-9,24H,11H2,1-2H3,(H,22,23)/b17-14-. The molecule has 0 spiro atoms. The first-order chi connectivity index (χ1) is 13.6. The van der Waals surface area contributed by atoms with Crippen LogP contribution in [0, 0.1) is 11.3 Å². The van der Waals surface area contributed by atoms with Gasteiger partial charge in [-0.25, -0.2) is 9.78 Å². The summed E-state index contributed by atoms with van der Waals surface area (Å²) in [5.74, 6) is -0.145. The molecule has 0 aliphatic rings. The number of H-pyrrole nitrogens is 1. The first-order valence-electron chi connectivity index (χ1n) is 8.24. The number of hydrogen-bond donors (Lipinski definition) is 2. The Morgan fingerprint density at radius 1 is 1.21 bits per heavy atom. The molecule has 8 heteroatoms. The van der Waals surface area contributed by atoms with Crippen molar-refractivity contribution in [2.24, 2.45) is 0 Å². The molecule has 1 heterocycles. The SMILES string of the molecule is COc1ccc(C(=O)OC/C(O)=C(\C#N)c2nc3ccccc3[nH]2)c(OC)c1. The highest BCUT2D eigenvalue weighted by Crippen LogP contribution is 2.25. The smallest absolute Gasteiger partial charge is 0.342 e. The minimum atomic E-state index is -0.715. The molecule has 3 aromatic rings. The zero-order valence-corrected chi connectivity index (χ0v) is 15.2. The van der Waals surface area contributed by atoms with Crippen molar-refractivity contribution in [1.29, 1.82) is 5.26 Å². The summed E-state index contributed by atoms with van der Waals surface area (Å²) in [5.41, 5.74) is 1.43. The van der Waals surface area contributed by atoms with Gasteiger partial charge in [-0.2, -0.15) is 5.26 Å². The number of carbonyl (C=O) groups is 1. The van der Waals surface area contributed by atoms with Crippen LogP contribution in [0.15, 0.2) is 48.2 Å². The monoisotopic (exact) mass is 379 g/mol. The quantitative estimate of drug-likeness (QED) is 0.383. The van der Waals surface area contributed by atoms with Gasteiger partial charge in [0.05, 0.1) is 25.3 Å². The first kappa shape index (κ1) is 18.8. The maximum absolute atomic E-state index is 12.3. The van der Waals surface area contributed by atoms with Crippen LogP contribution < -0.4 is 9.47 Å². The van der Waals surface area contributed by atoms with E-state index in [1.165, 1.54) is 20.3 Å². The maximum atomic E-state index is 12.3. The van der Waals surface area contributed by atoms with Crippen molar-refractivity contribution in [3.05, 3.63) is 59.6 Å². The molecule has 0 radical (unpaired) electrons. The van der Waals surface area contributed by atoms with E-state index in [0.29, 0.717) is 11.3 Å². The van der Waals surface area contributed by atoms with E-state index in [1.54, 1.807) is 24.3 Å². The third-order valence-corrected chi connectivity index (χ3v) is 4.00. The van der Waals surface area contributed by atoms with Gasteiger partial charge >= 0.3 is 5.97 Å². The average molecular weight is 379 g/mol. The predicted molar refractivity (Wildman–Crippen MR) is 101 cm³/mol. The highest BCUT2D eigenvalue weighted by molar-refractivity contribution is 5.93. The van der Waals surface area contributed by atoms with Crippen molar-refractivity contribution < 1.29 is 24.1 Å². The van der Waals surface area contributed by atoms with Gasteiger partial charge in [0.2, 0.25) is 0 Å². The average Bonchev–Trinajstić information content (AvgIpc) is 3.15. The fourth-order valence-corrected chi connectivity index (χ4v) is 2.58. The number of fused-ring (bicyclic) bond motifs is 1. The molecule has 2 aromatic carbocycles. The topological polar surface area (TPSA) is 117 Å². The zero-order chi connectivity index (χ0) is 20.1. The minimum Gasteiger partial charge on any atom is -0.507 e. The van der Waals surface area contributed by atoms with Gasteiger partial charge < -0.3 is 24.3 Å². The summed E-state index contributed by atoms with van der Waals surface area (Å²) >= 11 is 0. The summed E-state index contributed by atoms with van der Waals surface area (Å²) in [5, 5.41) is 19.7. The Labute approximate surface area is 160 Å². The summed E-state index contributed by atoms with van der Waals surface area (Å²) in [7, 11) is 2.91. The molecule has 0 fully saturated rings. The molecule has 2 N–H and O–H groups in total. The highest BCUT2D eigenvalue weighted by Gasteiger charge is 2.18. The number of nitrogens with zero attached hydrogens (tertiary/aromatic N) is 2. The van der Waals surface area contributed by atoms with Crippen molar-refractivity contribution >= 4 is 22.6 Å². The lowest BCUT2D eigenvalue weighted by atomic mass is 10.2. The number of ether oxygens (including phenoxy) is 3. The van der Waals surface area contributed by atoms with E-state index in [-0.39, 0.29) is 22.7 Å². The lowest BCUT2D eigenvalue weighted by molar-refractivity contribution is 0.0499. The van der Waals surface area contributed by atoms with Crippen molar-refractivity contribution in [2.75, 3.05) is 20.8 Å². The lowest BCUT2D eigenvalue weighted by Gasteiger charge is -2.10. The molecule has 28 heavy (non-hydrogen) atoms. The number of benzene rings is 2. The van der Waals surface area contributed by atoms with E-state index in [2.05, 4.69) is 9.97 Å². The van der Waals surface area contributed by atoms with Crippen LogP contribution in [-0.2, 0) is 4.74 Å². The summed E-state index contributed by atoms with van der Waals surface area (Å²) < 4.78 is 15.4. The number of aliphatic hydroxyl groups excluding tert-OH is 1. The number of nitriles is 1. The molecule has 8 nitrogen and oxygen atoms in total. The van der Waals surface area contributed by atoms with Gasteiger partial charge in [-0.3, -0.25) is 0 Å². The molecule has 0 unspecified atom stereocenters. The Bertz CT molecular complexity index is 1060. The fourth-order valence-electron chi connectivity index (χ4n) is 2.58. The number of aliphatic hydroxyl groups is 1.